The molecule has 0 bridgehead atoms. The summed E-state index contributed by atoms with van der Waals surface area (Å²) in [5, 5.41) is 0. The van der Waals surface area contributed by atoms with Crippen LogP contribution in [0.2, 0.25) is 0 Å². The first-order chi connectivity index (χ1) is 4.84. The van der Waals surface area contributed by atoms with Crippen LogP contribution in [0, 0.1) is 5.92 Å². The molecular formula is C8H17NO. The molecule has 1 rings (SSSR count). The van der Waals surface area contributed by atoms with Crippen molar-refractivity contribution in [1.82, 2.24) is 0 Å². The molecule has 0 aromatic rings. The van der Waals surface area contributed by atoms with E-state index in [4.69, 9.17) is 10.5 Å². The highest BCUT2D eigenvalue weighted by atomic mass is 16.5. The van der Waals surface area contributed by atoms with Crippen molar-refractivity contribution in [2.45, 2.75) is 32.2 Å². The lowest BCUT2D eigenvalue weighted by Gasteiger charge is -2.33. The Hall–Kier alpha value is -0.0800. The molecule has 0 aliphatic heterocycles. The van der Waals surface area contributed by atoms with Crippen molar-refractivity contribution < 1.29 is 4.74 Å². The summed E-state index contributed by atoms with van der Waals surface area (Å²) in [5.41, 5.74) is 5.72. The van der Waals surface area contributed by atoms with Crippen LogP contribution in [-0.2, 0) is 4.74 Å². The van der Waals surface area contributed by atoms with Gasteiger partial charge in [-0.05, 0) is 25.2 Å². The Balaban J connectivity index is 1.92. The monoisotopic (exact) mass is 143 g/mol. The molecule has 2 nitrogen and oxygen atoms in total. The van der Waals surface area contributed by atoms with Crippen molar-refractivity contribution in [3.05, 3.63) is 0 Å². The number of nitrogens with two attached hydrogens (primary N) is 1. The Bertz CT molecular complexity index is 95.3. The second-order valence-electron chi connectivity index (χ2n) is 3.08. The molecule has 0 spiro atoms. The summed E-state index contributed by atoms with van der Waals surface area (Å²) < 4.78 is 5.38. The number of hydrogen-bond donors (Lipinski definition) is 1. The van der Waals surface area contributed by atoms with E-state index in [1.807, 2.05) is 0 Å². The molecule has 0 amide bonds. The van der Waals surface area contributed by atoms with Gasteiger partial charge in [0.05, 0.1) is 6.61 Å². The van der Waals surface area contributed by atoms with Gasteiger partial charge in [-0.25, -0.2) is 0 Å². The molecular weight excluding hydrogens is 126 g/mol. The Labute approximate surface area is 62.7 Å². The fourth-order valence-corrected chi connectivity index (χ4v) is 1.18. The van der Waals surface area contributed by atoms with Gasteiger partial charge in [-0.15, -0.1) is 0 Å². The molecule has 2 atom stereocenters. The van der Waals surface area contributed by atoms with Crippen LogP contribution in [0.5, 0.6) is 0 Å². The second-order valence-corrected chi connectivity index (χ2v) is 3.08. The molecule has 0 aromatic heterocycles. The molecule has 1 saturated carbocycles. The van der Waals surface area contributed by atoms with Crippen LogP contribution >= 0.6 is 0 Å². The first kappa shape index (κ1) is 8.02. The van der Waals surface area contributed by atoms with Gasteiger partial charge in [0.15, 0.2) is 0 Å². The van der Waals surface area contributed by atoms with E-state index in [2.05, 4.69) is 6.92 Å². The zero-order chi connectivity index (χ0) is 7.40. The van der Waals surface area contributed by atoms with Crippen LogP contribution < -0.4 is 5.73 Å². The SMILES string of the molecule is CCCOCC1CCC1N. The van der Waals surface area contributed by atoms with E-state index >= 15 is 0 Å². The lowest BCUT2D eigenvalue weighted by atomic mass is 9.81. The van der Waals surface area contributed by atoms with Crippen molar-refractivity contribution >= 4 is 0 Å². The van der Waals surface area contributed by atoms with Crippen LogP contribution in [-0.4, -0.2) is 19.3 Å². The van der Waals surface area contributed by atoms with Crippen molar-refractivity contribution in [1.29, 1.82) is 0 Å². The molecule has 0 radical (unpaired) electrons. The van der Waals surface area contributed by atoms with Gasteiger partial charge < -0.3 is 10.5 Å². The molecule has 1 fully saturated rings. The Kier molecular flexibility index (Phi) is 3.16. The first-order valence-corrected chi connectivity index (χ1v) is 4.18. The van der Waals surface area contributed by atoms with Gasteiger partial charge in [-0.2, -0.15) is 0 Å². The Morgan fingerprint density at radius 1 is 1.50 bits per heavy atom. The molecule has 0 saturated heterocycles. The summed E-state index contributed by atoms with van der Waals surface area (Å²) in [5.74, 6) is 0.659. The lowest BCUT2D eigenvalue weighted by Crippen LogP contribution is -2.41. The minimum absolute atomic E-state index is 0.428. The zero-order valence-electron chi connectivity index (χ0n) is 6.68. The molecule has 1 aliphatic carbocycles. The standard InChI is InChI=1S/C8H17NO/c1-2-5-10-6-7-3-4-8(7)9/h7-8H,2-6,9H2,1H3. The van der Waals surface area contributed by atoms with Gasteiger partial charge >= 0.3 is 0 Å². The summed E-state index contributed by atoms with van der Waals surface area (Å²) in [4.78, 5) is 0. The maximum absolute atomic E-state index is 5.72. The van der Waals surface area contributed by atoms with Crippen LogP contribution in [0.15, 0.2) is 0 Å². The topological polar surface area (TPSA) is 35.2 Å². The zero-order valence-corrected chi connectivity index (χ0v) is 6.68. The van der Waals surface area contributed by atoms with Crippen molar-refractivity contribution in [2.75, 3.05) is 13.2 Å². The number of rotatable bonds is 4. The van der Waals surface area contributed by atoms with Gasteiger partial charge in [0, 0.05) is 12.6 Å². The summed E-state index contributed by atoms with van der Waals surface area (Å²) in [6.45, 7) is 3.90. The molecule has 1 aliphatic rings. The highest BCUT2D eigenvalue weighted by molar-refractivity contribution is 4.83. The molecule has 10 heavy (non-hydrogen) atoms. The molecule has 0 aromatic carbocycles. The maximum Gasteiger partial charge on any atom is 0.0509 e. The van der Waals surface area contributed by atoms with E-state index < -0.39 is 0 Å². The van der Waals surface area contributed by atoms with E-state index in [0.717, 1.165) is 19.6 Å². The highest BCUT2D eigenvalue weighted by Crippen LogP contribution is 2.25. The van der Waals surface area contributed by atoms with Gasteiger partial charge in [-0.1, -0.05) is 6.92 Å². The van der Waals surface area contributed by atoms with Crippen molar-refractivity contribution in [2.24, 2.45) is 11.7 Å². The van der Waals surface area contributed by atoms with Gasteiger partial charge in [0.2, 0.25) is 0 Å². The molecule has 2 heteroatoms. The van der Waals surface area contributed by atoms with E-state index in [9.17, 15) is 0 Å². The third-order valence-corrected chi connectivity index (χ3v) is 2.16. The summed E-state index contributed by atoms with van der Waals surface area (Å²) in [7, 11) is 0. The number of hydrogen-bond acceptors (Lipinski definition) is 2. The Morgan fingerprint density at radius 3 is 2.70 bits per heavy atom. The molecule has 2 unspecified atom stereocenters. The van der Waals surface area contributed by atoms with Crippen molar-refractivity contribution in [3.8, 4) is 0 Å². The lowest BCUT2D eigenvalue weighted by molar-refractivity contribution is 0.0586. The maximum atomic E-state index is 5.72. The molecule has 2 N–H and O–H groups in total. The van der Waals surface area contributed by atoms with E-state index in [1.165, 1.54) is 12.8 Å². The summed E-state index contributed by atoms with van der Waals surface area (Å²) in [6.07, 6.45) is 3.58. The second kappa shape index (κ2) is 3.94. The number of ether oxygens (including phenoxy) is 1. The Morgan fingerprint density at radius 2 is 2.30 bits per heavy atom. The average molecular weight is 143 g/mol. The third-order valence-electron chi connectivity index (χ3n) is 2.16. The fraction of sp³-hybridized carbons (Fsp3) is 1.00. The van der Waals surface area contributed by atoms with Crippen molar-refractivity contribution in [3.63, 3.8) is 0 Å². The van der Waals surface area contributed by atoms with Crippen LogP contribution in [0.25, 0.3) is 0 Å². The average Bonchev–Trinajstić information content (AvgIpc) is 1.95. The van der Waals surface area contributed by atoms with Gasteiger partial charge in [0.25, 0.3) is 0 Å². The minimum atomic E-state index is 0.428. The predicted molar refractivity (Wildman–Crippen MR) is 41.8 cm³/mol. The van der Waals surface area contributed by atoms with Crippen LogP contribution in [0.4, 0.5) is 0 Å². The van der Waals surface area contributed by atoms with E-state index in [1.54, 1.807) is 0 Å². The summed E-state index contributed by atoms with van der Waals surface area (Å²) >= 11 is 0. The summed E-state index contributed by atoms with van der Waals surface area (Å²) in [6, 6.07) is 0.428. The fourth-order valence-electron chi connectivity index (χ4n) is 1.18. The largest absolute Gasteiger partial charge is 0.381 e. The smallest absolute Gasteiger partial charge is 0.0509 e. The molecule has 60 valence electrons. The van der Waals surface area contributed by atoms with Gasteiger partial charge in [0.1, 0.15) is 0 Å². The quantitative estimate of drug-likeness (QED) is 0.599. The van der Waals surface area contributed by atoms with E-state index in [-0.39, 0.29) is 0 Å². The van der Waals surface area contributed by atoms with Crippen LogP contribution in [0.3, 0.4) is 0 Å². The van der Waals surface area contributed by atoms with Crippen LogP contribution in [0.1, 0.15) is 26.2 Å². The highest BCUT2D eigenvalue weighted by Gasteiger charge is 2.26. The van der Waals surface area contributed by atoms with E-state index in [0.29, 0.717) is 12.0 Å². The van der Waals surface area contributed by atoms with Gasteiger partial charge in [-0.3, -0.25) is 0 Å². The molecule has 0 heterocycles. The minimum Gasteiger partial charge on any atom is -0.381 e. The normalized spacial score (nSPS) is 31.8. The first-order valence-electron chi connectivity index (χ1n) is 4.18. The predicted octanol–water partition coefficient (Wildman–Crippen LogP) is 1.15. The third kappa shape index (κ3) is 1.96.